The highest BCUT2D eigenvalue weighted by molar-refractivity contribution is 6.32. The highest BCUT2D eigenvalue weighted by Gasteiger charge is 2.27. The lowest BCUT2D eigenvalue weighted by molar-refractivity contribution is -0.139. The molecule has 1 aromatic carbocycles. The Bertz CT molecular complexity index is 1090. The number of halogens is 1. The van der Waals surface area contributed by atoms with Crippen LogP contribution in [0.15, 0.2) is 41.2 Å². The number of H-pyrrole nitrogens is 1. The van der Waals surface area contributed by atoms with E-state index in [1.807, 2.05) is 18.2 Å². The number of aliphatic carboxylic acids is 1. The highest BCUT2D eigenvalue weighted by Crippen LogP contribution is 2.38. The van der Waals surface area contributed by atoms with E-state index in [0.29, 0.717) is 24.5 Å². The summed E-state index contributed by atoms with van der Waals surface area (Å²) in [6, 6.07) is 8.59. The maximum atomic E-state index is 12.6. The molecule has 1 aliphatic heterocycles. The number of hydrogen-bond acceptors (Lipinski definition) is 4. The number of carboxylic acid groups (broad SMARTS) is 1. The molecule has 2 aliphatic rings. The zero-order valence-corrected chi connectivity index (χ0v) is 16.9. The lowest BCUT2D eigenvalue weighted by Crippen LogP contribution is -2.23. The molecule has 156 valence electrons. The molecule has 0 unspecified atom stereocenters. The van der Waals surface area contributed by atoms with Gasteiger partial charge < -0.3 is 20.1 Å². The first-order valence-corrected chi connectivity index (χ1v) is 10.2. The van der Waals surface area contributed by atoms with Crippen LogP contribution in [0.4, 0.5) is 0 Å². The summed E-state index contributed by atoms with van der Waals surface area (Å²) in [5.74, 6) is -0.511. The molecule has 2 fully saturated rings. The summed E-state index contributed by atoms with van der Waals surface area (Å²) in [6.45, 7) is -0.494. The number of rotatable bonds is 7. The summed E-state index contributed by atoms with van der Waals surface area (Å²) >= 11 is 6.30. The Kier molecular flexibility index (Phi) is 5.63. The smallest absolute Gasteiger partial charge is 0.341 e. The predicted octanol–water partition coefficient (Wildman–Crippen LogP) is 3.08. The summed E-state index contributed by atoms with van der Waals surface area (Å²) in [7, 11) is 0. The Hall–Kier alpha value is -3.06. The molecule has 1 atom stereocenters. The molecule has 4 rings (SSSR count). The van der Waals surface area contributed by atoms with Gasteiger partial charge in [-0.25, -0.2) is 4.79 Å². The van der Waals surface area contributed by atoms with Gasteiger partial charge in [0.2, 0.25) is 5.91 Å². The summed E-state index contributed by atoms with van der Waals surface area (Å²) in [5.41, 5.74) is 2.76. The van der Waals surface area contributed by atoms with Crippen LogP contribution in [0.3, 0.4) is 0 Å². The summed E-state index contributed by atoms with van der Waals surface area (Å²) < 4.78 is 5.19. The van der Waals surface area contributed by atoms with Crippen molar-refractivity contribution in [3.63, 3.8) is 0 Å². The van der Waals surface area contributed by atoms with Crippen molar-refractivity contribution in [3.05, 3.63) is 68.6 Å². The third kappa shape index (κ3) is 4.57. The molecule has 0 radical (unpaired) electrons. The van der Waals surface area contributed by atoms with Crippen molar-refractivity contribution in [3.8, 4) is 5.75 Å². The minimum atomic E-state index is -1.10. The maximum Gasteiger partial charge on any atom is 0.341 e. The number of carboxylic acids is 1. The minimum absolute atomic E-state index is 0.0105. The van der Waals surface area contributed by atoms with Crippen molar-refractivity contribution in [2.24, 2.45) is 0 Å². The fourth-order valence-corrected chi connectivity index (χ4v) is 3.82. The molecule has 3 N–H and O–H groups in total. The quantitative estimate of drug-likeness (QED) is 0.628. The number of amides is 1. The van der Waals surface area contributed by atoms with Crippen LogP contribution < -0.4 is 15.6 Å². The summed E-state index contributed by atoms with van der Waals surface area (Å²) in [6.07, 6.45) is 5.10. The van der Waals surface area contributed by atoms with Crippen molar-refractivity contribution in [2.75, 3.05) is 6.61 Å². The van der Waals surface area contributed by atoms with Gasteiger partial charge in [-0.2, -0.15) is 0 Å². The molecule has 1 aromatic heterocycles. The van der Waals surface area contributed by atoms with Gasteiger partial charge in [0.15, 0.2) is 6.61 Å². The number of ether oxygens (including phenoxy) is 1. The van der Waals surface area contributed by atoms with Crippen LogP contribution in [0.5, 0.6) is 5.75 Å². The van der Waals surface area contributed by atoms with E-state index in [-0.39, 0.29) is 28.3 Å². The molecule has 1 saturated carbocycles. The van der Waals surface area contributed by atoms with Gasteiger partial charge in [-0.3, -0.25) is 9.59 Å². The molecule has 1 aliphatic carbocycles. The van der Waals surface area contributed by atoms with Gasteiger partial charge in [0, 0.05) is 29.3 Å². The molecule has 0 spiro atoms. The van der Waals surface area contributed by atoms with Crippen LogP contribution in [0.25, 0.3) is 5.57 Å². The van der Waals surface area contributed by atoms with Crippen molar-refractivity contribution >= 4 is 29.1 Å². The Morgan fingerprint density at radius 3 is 2.60 bits per heavy atom. The van der Waals surface area contributed by atoms with Crippen molar-refractivity contribution in [2.45, 2.75) is 37.6 Å². The first-order valence-electron chi connectivity index (χ1n) is 9.80. The first-order chi connectivity index (χ1) is 14.4. The Morgan fingerprint density at radius 1 is 1.20 bits per heavy atom. The number of carbonyl (C=O) groups excluding carboxylic acids is 1. The zero-order chi connectivity index (χ0) is 21.3. The second-order valence-corrected chi connectivity index (χ2v) is 7.96. The van der Waals surface area contributed by atoms with E-state index in [1.165, 1.54) is 0 Å². The number of aromatic nitrogens is 1. The molecule has 2 heterocycles. The van der Waals surface area contributed by atoms with Crippen LogP contribution in [-0.2, 0) is 9.59 Å². The van der Waals surface area contributed by atoms with E-state index < -0.39 is 12.6 Å². The fourth-order valence-electron chi connectivity index (χ4n) is 3.59. The van der Waals surface area contributed by atoms with Crippen LogP contribution in [0.1, 0.15) is 48.4 Å². The standard InChI is InChI=1S/C22H21ClN2O5/c23-17-9-13(3-7-19(17)30-11-21(27)28)16(10-14-4-8-20(26)24-14)18-6-5-15(12-1-2-12)22(29)25-18/h3,5-7,9-10,12,14H,1-2,4,8,11H2,(H,24,26)(H,25,29)(H,27,28)/b16-10+/t14-/m1/s1. The molecule has 2 aromatic rings. The number of carbonyl (C=O) groups is 2. The number of aromatic amines is 1. The second kappa shape index (κ2) is 8.36. The lowest BCUT2D eigenvalue weighted by Gasteiger charge is -2.14. The summed E-state index contributed by atoms with van der Waals surface area (Å²) in [4.78, 5) is 37.9. The average Bonchev–Trinajstić information content (AvgIpc) is 3.46. The molecule has 8 heteroatoms. The topological polar surface area (TPSA) is 108 Å². The van der Waals surface area contributed by atoms with Gasteiger partial charge in [-0.1, -0.05) is 29.8 Å². The first kappa shape index (κ1) is 20.2. The van der Waals surface area contributed by atoms with Crippen LogP contribution in [0, 0.1) is 0 Å². The third-order valence-corrected chi connectivity index (χ3v) is 5.53. The number of pyridine rings is 1. The van der Waals surface area contributed by atoms with E-state index in [2.05, 4.69) is 10.3 Å². The monoisotopic (exact) mass is 428 g/mol. The van der Waals surface area contributed by atoms with Crippen LogP contribution in [0.2, 0.25) is 5.02 Å². The van der Waals surface area contributed by atoms with Crippen molar-refractivity contribution < 1.29 is 19.4 Å². The molecule has 1 saturated heterocycles. The van der Waals surface area contributed by atoms with Gasteiger partial charge in [0.05, 0.1) is 5.02 Å². The van der Waals surface area contributed by atoms with Gasteiger partial charge in [0.1, 0.15) is 5.75 Å². The Morgan fingerprint density at radius 2 is 2.00 bits per heavy atom. The van der Waals surface area contributed by atoms with E-state index in [1.54, 1.807) is 18.2 Å². The van der Waals surface area contributed by atoms with Crippen LogP contribution in [-0.4, -0.2) is 34.6 Å². The van der Waals surface area contributed by atoms with Gasteiger partial charge in [-0.15, -0.1) is 0 Å². The largest absolute Gasteiger partial charge is 0.480 e. The fraction of sp³-hybridized carbons (Fsp3) is 0.318. The number of hydrogen-bond donors (Lipinski definition) is 3. The molecule has 30 heavy (non-hydrogen) atoms. The second-order valence-electron chi connectivity index (χ2n) is 7.55. The molecule has 1 amide bonds. The normalized spacial score (nSPS) is 18.9. The van der Waals surface area contributed by atoms with Crippen molar-refractivity contribution in [1.29, 1.82) is 0 Å². The van der Waals surface area contributed by atoms with Crippen molar-refractivity contribution in [1.82, 2.24) is 10.3 Å². The zero-order valence-electron chi connectivity index (χ0n) is 16.1. The van der Waals surface area contributed by atoms with E-state index >= 15 is 0 Å². The number of nitrogens with one attached hydrogen (secondary N) is 2. The Labute approximate surface area is 177 Å². The van der Waals surface area contributed by atoms with E-state index in [9.17, 15) is 14.4 Å². The van der Waals surface area contributed by atoms with Crippen LogP contribution >= 0.6 is 11.6 Å². The van der Waals surface area contributed by atoms with E-state index in [4.69, 9.17) is 21.4 Å². The third-order valence-electron chi connectivity index (χ3n) is 5.24. The van der Waals surface area contributed by atoms with E-state index in [0.717, 1.165) is 29.5 Å². The minimum Gasteiger partial charge on any atom is -0.480 e. The Balaban J connectivity index is 1.70. The van der Waals surface area contributed by atoms with Gasteiger partial charge in [-0.05, 0) is 48.9 Å². The molecular formula is C22H21ClN2O5. The molecular weight excluding hydrogens is 408 g/mol. The highest BCUT2D eigenvalue weighted by atomic mass is 35.5. The molecule has 7 nitrogen and oxygen atoms in total. The summed E-state index contributed by atoms with van der Waals surface area (Å²) in [5, 5.41) is 11.9. The maximum absolute atomic E-state index is 12.6. The van der Waals surface area contributed by atoms with Gasteiger partial charge in [0.25, 0.3) is 5.56 Å². The van der Waals surface area contributed by atoms with Gasteiger partial charge >= 0.3 is 5.97 Å². The SMILES string of the molecule is O=C(O)COc1ccc(/C(=C\[C@H]2CCC(=O)N2)c2ccc(C3CC3)c(=O)[nH]2)cc1Cl. The predicted molar refractivity (Wildman–Crippen MR) is 112 cm³/mol. The number of benzene rings is 1. The lowest BCUT2D eigenvalue weighted by atomic mass is 9.98. The molecule has 0 bridgehead atoms. The average molecular weight is 429 g/mol.